The molecule has 0 aliphatic heterocycles. The molecule has 0 aliphatic carbocycles. The summed E-state index contributed by atoms with van der Waals surface area (Å²) in [5.74, 6) is 2.10. The number of methoxy groups -OCH3 is 2. The Kier molecular flexibility index (Phi) is 6.67. The zero-order valence-electron chi connectivity index (χ0n) is 12.5. The van der Waals surface area contributed by atoms with E-state index in [1.807, 2.05) is 12.1 Å². The lowest BCUT2D eigenvalue weighted by Gasteiger charge is -2.22. The van der Waals surface area contributed by atoms with Gasteiger partial charge in [0.1, 0.15) is 0 Å². The van der Waals surface area contributed by atoms with Crippen LogP contribution in [0.5, 0.6) is 11.5 Å². The second-order valence-electron chi connectivity index (χ2n) is 4.90. The second kappa shape index (κ2) is 8.02. The normalized spacial score (nSPS) is 12.5. The Balaban J connectivity index is 2.66. The molecule has 4 nitrogen and oxygen atoms in total. The van der Waals surface area contributed by atoms with Crippen molar-refractivity contribution >= 4 is 0 Å². The van der Waals surface area contributed by atoms with Crippen LogP contribution in [-0.4, -0.2) is 39.3 Å². The van der Waals surface area contributed by atoms with Gasteiger partial charge in [-0.3, -0.25) is 0 Å². The van der Waals surface area contributed by atoms with Gasteiger partial charge in [-0.15, -0.1) is 0 Å². The van der Waals surface area contributed by atoms with E-state index in [2.05, 4.69) is 24.9 Å². The van der Waals surface area contributed by atoms with Gasteiger partial charge in [0.15, 0.2) is 11.5 Å². The standard InChI is InChI=1S/C15H26N2O2/c1-5-12(9-16)10-17(2)11-13-6-7-14(18-3)15(8-13)19-4/h6-8,12H,5,9-11,16H2,1-4H3. The summed E-state index contributed by atoms with van der Waals surface area (Å²) in [5, 5.41) is 0. The lowest BCUT2D eigenvalue weighted by molar-refractivity contribution is 0.267. The first-order chi connectivity index (χ1) is 9.14. The third kappa shape index (κ3) is 4.73. The summed E-state index contributed by atoms with van der Waals surface area (Å²) < 4.78 is 10.6. The fraction of sp³-hybridized carbons (Fsp3) is 0.600. The smallest absolute Gasteiger partial charge is 0.161 e. The van der Waals surface area contributed by atoms with E-state index in [1.165, 1.54) is 5.56 Å². The molecular weight excluding hydrogens is 240 g/mol. The van der Waals surface area contributed by atoms with Crippen molar-refractivity contribution in [3.63, 3.8) is 0 Å². The summed E-state index contributed by atoms with van der Waals surface area (Å²) in [6.45, 7) is 4.83. The average molecular weight is 266 g/mol. The van der Waals surface area contributed by atoms with Crippen LogP contribution in [0.4, 0.5) is 0 Å². The van der Waals surface area contributed by atoms with E-state index in [-0.39, 0.29) is 0 Å². The predicted octanol–water partition coefficient (Wildman–Crippen LogP) is 2.12. The minimum atomic E-state index is 0.560. The van der Waals surface area contributed by atoms with Crippen molar-refractivity contribution in [1.82, 2.24) is 4.90 Å². The summed E-state index contributed by atoms with van der Waals surface area (Å²) in [5.41, 5.74) is 6.96. The molecule has 108 valence electrons. The lowest BCUT2D eigenvalue weighted by Crippen LogP contribution is -2.29. The van der Waals surface area contributed by atoms with E-state index in [1.54, 1.807) is 14.2 Å². The molecule has 0 saturated carbocycles. The zero-order chi connectivity index (χ0) is 14.3. The molecular formula is C15H26N2O2. The van der Waals surface area contributed by atoms with Crippen LogP contribution in [-0.2, 0) is 6.54 Å². The van der Waals surface area contributed by atoms with Crippen LogP contribution in [0.2, 0.25) is 0 Å². The molecule has 0 heterocycles. The van der Waals surface area contributed by atoms with Crippen LogP contribution >= 0.6 is 0 Å². The Labute approximate surface area is 116 Å². The molecule has 1 aromatic carbocycles. The molecule has 4 heteroatoms. The average Bonchev–Trinajstić information content (AvgIpc) is 2.44. The fourth-order valence-electron chi connectivity index (χ4n) is 2.17. The first-order valence-corrected chi connectivity index (χ1v) is 6.74. The molecule has 0 aliphatic rings. The first kappa shape index (κ1) is 15.8. The summed E-state index contributed by atoms with van der Waals surface area (Å²) >= 11 is 0. The first-order valence-electron chi connectivity index (χ1n) is 6.74. The van der Waals surface area contributed by atoms with Crippen LogP contribution < -0.4 is 15.2 Å². The number of nitrogens with zero attached hydrogens (tertiary/aromatic N) is 1. The maximum Gasteiger partial charge on any atom is 0.161 e. The van der Waals surface area contributed by atoms with Gasteiger partial charge in [0.05, 0.1) is 14.2 Å². The maximum absolute atomic E-state index is 5.75. The molecule has 0 radical (unpaired) electrons. The summed E-state index contributed by atoms with van der Waals surface area (Å²) in [6.07, 6.45) is 1.12. The minimum absolute atomic E-state index is 0.560. The SMILES string of the molecule is CCC(CN)CN(C)Cc1ccc(OC)c(OC)c1. The van der Waals surface area contributed by atoms with Gasteiger partial charge in [0.25, 0.3) is 0 Å². The van der Waals surface area contributed by atoms with Gasteiger partial charge in [-0.2, -0.15) is 0 Å². The van der Waals surface area contributed by atoms with E-state index < -0.39 is 0 Å². The van der Waals surface area contributed by atoms with Gasteiger partial charge < -0.3 is 20.1 Å². The molecule has 1 unspecified atom stereocenters. The van der Waals surface area contributed by atoms with Gasteiger partial charge in [-0.25, -0.2) is 0 Å². The molecule has 0 fully saturated rings. The fourth-order valence-corrected chi connectivity index (χ4v) is 2.17. The van der Waals surface area contributed by atoms with E-state index in [0.717, 1.165) is 37.6 Å². The summed E-state index contributed by atoms with van der Waals surface area (Å²) in [7, 11) is 5.43. The Morgan fingerprint density at radius 1 is 1.21 bits per heavy atom. The van der Waals surface area contributed by atoms with Crippen molar-refractivity contribution < 1.29 is 9.47 Å². The van der Waals surface area contributed by atoms with Crippen LogP contribution in [0.25, 0.3) is 0 Å². The molecule has 0 spiro atoms. The molecule has 0 aromatic heterocycles. The molecule has 0 amide bonds. The van der Waals surface area contributed by atoms with Crippen molar-refractivity contribution in [2.24, 2.45) is 11.7 Å². The molecule has 2 N–H and O–H groups in total. The monoisotopic (exact) mass is 266 g/mol. The van der Waals surface area contributed by atoms with Crippen molar-refractivity contribution in [1.29, 1.82) is 0 Å². The molecule has 0 saturated heterocycles. The number of rotatable bonds is 8. The third-order valence-corrected chi connectivity index (χ3v) is 3.38. The van der Waals surface area contributed by atoms with Gasteiger partial charge in [0, 0.05) is 13.1 Å². The van der Waals surface area contributed by atoms with Crippen molar-refractivity contribution in [3.05, 3.63) is 23.8 Å². The van der Waals surface area contributed by atoms with E-state index in [0.29, 0.717) is 5.92 Å². The molecule has 1 aromatic rings. The minimum Gasteiger partial charge on any atom is -0.493 e. The number of nitrogens with two attached hydrogens (primary N) is 1. The van der Waals surface area contributed by atoms with E-state index >= 15 is 0 Å². The van der Waals surface area contributed by atoms with Crippen molar-refractivity contribution in [2.75, 3.05) is 34.4 Å². The number of hydrogen-bond acceptors (Lipinski definition) is 4. The Morgan fingerprint density at radius 3 is 2.42 bits per heavy atom. The van der Waals surface area contributed by atoms with Gasteiger partial charge in [-0.1, -0.05) is 19.4 Å². The topological polar surface area (TPSA) is 47.7 Å². The largest absolute Gasteiger partial charge is 0.493 e. The third-order valence-electron chi connectivity index (χ3n) is 3.38. The molecule has 19 heavy (non-hydrogen) atoms. The zero-order valence-corrected chi connectivity index (χ0v) is 12.5. The molecule has 1 atom stereocenters. The van der Waals surface area contributed by atoms with Gasteiger partial charge in [-0.05, 0) is 37.2 Å². The maximum atomic E-state index is 5.75. The predicted molar refractivity (Wildman–Crippen MR) is 78.7 cm³/mol. The highest BCUT2D eigenvalue weighted by Crippen LogP contribution is 2.27. The van der Waals surface area contributed by atoms with Crippen LogP contribution in [0.3, 0.4) is 0 Å². The number of benzene rings is 1. The van der Waals surface area contributed by atoms with Crippen molar-refractivity contribution in [2.45, 2.75) is 19.9 Å². The van der Waals surface area contributed by atoms with Crippen LogP contribution in [0.15, 0.2) is 18.2 Å². The molecule has 0 bridgehead atoms. The highest BCUT2D eigenvalue weighted by molar-refractivity contribution is 5.42. The highest BCUT2D eigenvalue weighted by atomic mass is 16.5. The lowest BCUT2D eigenvalue weighted by atomic mass is 10.1. The van der Waals surface area contributed by atoms with Gasteiger partial charge >= 0.3 is 0 Å². The van der Waals surface area contributed by atoms with Crippen LogP contribution in [0.1, 0.15) is 18.9 Å². The quantitative estimate of drug-likeness (QED) is 0.783. The van der Waals surface area contributed by atoms with E-state index in [9.17, 15) is 0 Å². The summed E-state index contributed by atoms with van der Waals surface area (Å²) in [4.78, 5) is 2.29. The molecule has 1 rings (SSSR count). The van der Waals surface area contributed by atoms with Crippen LogP contribution in [0, 0.1) is 5.92 Å². The Morgan fingerprint density at radius 2 is 1.89 bits per heavy atom. The Hall–Kier alpha value is -1.26. The van der Waals surface area contributed by atoms with E-state index in [4.69, 9.17) is 15.2 Å². The Bertz CT molecular complexity index is 378. The van der Waals surface area contributed by atoms with Crippen molar-refractivity contribution in [3.8, 4) is 11.5 Å². The summed E-state index contributed by atoms with van der Waals surface area (Å²) in [6, 6.07) is 6.04. The van der Waals surface area contributed by atoms with Gasteiger partial charge in [0.2, 0.25) is 0 Å². The second-order valence-corrected chi connectivity index (χ2v) is 4.90. The number of hydrogen-bond donors (Lipinski definition) is 1. The highest BCUT2D eigenvalue weighted by Gasteiger charge is 2.10. The number of ether oxygens (including phenoxy) is 2.